The van der Waals surface area contributed by atoms with Crippen molar-refractivity contribution in [1.82, 2.24) is 15.3 Å². The summed E-state index contributed by atoms with van der Waals surface area (Å²) in [6.45, 7) is 3.21. The van der Waals surface area contributed by atoms with Crippen LogP contribution in [-0.4, -0.2) is 29.0 Å². The molecule has 2 rings (SSSR count). The number of aromatic nitrogens is 2. The Hall–Kier alpha value is -1.62. The maximum absolute atomic E-state index is 10.7. The fourth-order valence-corrected chi connectivity index (χ4v) is 1.54. The molecular formula is C10H13N3O2. The molecule has 0 fully saturated rings. The van der Waals surface area contributed by atoms with Gasteiger partial charge in [0.05, 0.1) is 12.4 Å². The lowest BCUT2D eigenvalue weighted by atomic mass is 10.0. The minimum Gasteiger partial charge on any atom is -0.320 e. The Bertz CT molecular complexity index is 395. The first kappa shape index (κ1) is 9.92. The van der Waals surface area contributed by atoms with Crippen LogP contribution in [0.25, 0.3) is 5.57 Å². The van der Waals surface area contributed by atoms with Gasteiger partial charge in [-0.3, -0.25) is 0 Å². The number of hydrogen-bond acceptors (Lipinski definition) is 4. The van der Waals surface area contributed by atoms with Crippen LogP contribution in [0, 0.1) is 0 Å². The minimum atomic E-state index is -0.371. The molecule has 0 aromatic carbocycles. The van der Waals surface area contributed by atoms with Crippen LogP contribution in [0.3, 0.4) is 0 Å². The van der Waals surface area contributed by atoms with Gasteiger partial charge in [0.25, 0.3) is 0 Å². The van der Waals surface area contributed by atoms with Gasteiger partial charge in [-0.2, -0.15) is 0 Å². The number of carbonyl (C=O) groups is 1. The fourth-order valence-electron chi connectivity index (χ4n) is 1.54. The quantitative estimate of drug-likeness (QED) is 0.754. The second kappa shape index (κ2) is 4.27. The van der Waals surface area contributed by atoms with Gasteiger partial charge in [-0.05, 0) is 18.5 Å². The monoisotopic (exact) mass is 207 g/mol. The van der Waals surface area contributed by atoms with Gasteiger partial charge in [-0.15, -0.1) is 5.10 Å². The maximum Gasteiger partial charge on any atom is 0.331 e. The van der Waals surface area contributed by atoms with Crippen molar-refractivity contribution in [1.29, 1.82) is 0 Å². The molecule has 0 saturated heterocycles. The number of nitrogens with zero attached hydrogens (tertiary/aromatic N) is 2. The zero-order valence-corrected chi connectivity index (χ0v) is 8.56. The maximum atomic E-state index is 10.7. The predicted molar refractivity (Wildman–Crippen MR) is 55.0 cm³/mol. The van der Waals surface area contributed by atoms with Crippen LogP contribution in [0.5, 0.6) is 0 Å². The standard InChI is InChI=1S/C10H13N3O2/c1-8(14)15-13-7-10(6-12-13)9-2-4-11-5-3-9/h2,6-7,11H,3-5H2,1H3. The summed E-state index contributed by atoms with van der Waals surface area (Å²) in [6.07, 6.45) is 6.53. The Morgan fingerprint density at radius 3 is 3.20 bits per heavy atom. The van der Waals surface area contributed by atoms with E-state index in [-0.39, 0.29) is 5.97 Å². The average Bonchev–Trinajstić information content (AvgIpc) is 2.67. The highest BCUT2D eigenvalue weighted by Gasteiger charge is 2.08. The summed E-state index contributed by atoms with van der Waals surface area (Å²) in [6, 6.07) is 0. The molecule has 0 saturated carbocycles. The van der Waals surface area contributed by atoms with Crippen molar-refractivity contribution < 1.29 is 9.63 Å². The molecule has 80 valence electrons. The van der Waals surface area contributed by atoms with E-state index in [0.717, 1.165) is 25.1 Å². The van der Waals surface area contributed by atoms with E-state index in [1.807, 2.05) is 0 Å². The normalized spacial score (nSPS) is 15.9. The van der Waals surface area contributed by atoms with E-state index in [4.69, 9.17) is 4.84 Å². The highest BCUT2D eigenvalue weighted by Crippen LogP contribution is 2.18. The molecular weight excluding hydrogens is 194 g/mol. The number of carbonyl (C=O) groups excluding carboxylic acids is 1. The van der Waals surface area contributed by atoms with Gasteiger partial charge in [0.1, 0.15) is 0 Å². The molecule has 0 amide bonds. The van der Waals surface area contributed by atoms with Crippen molar-refractivity contribution in [2.75, 3.05) is 13.1 Å². The van der Waals surface area contributed by atoms with Gasteiger partial charge in [-0.25, -0.2) is 4.79 Å². The summed E-state index contributed by atoms with van der Waals surface area (Å²) in [5, 5.41) is 7.18. The van der Waals surface area contributed by atoms with Crippen molar-refractivity contribution in [3.05, 3.63) is 24.0 Å². The van der Waals surface area contributed by atoms with Crippen molar-refractivity contribution in [3.8, 4) is 0 Å². The lowest BCUT2D eigenvalue weighted by Gasteiger charge is -2.11. The molecule has 0 atom stereocenters. The second-order valence-electron chi connectivity index (χ2n) is 3.40. The summed E-state index contributed by atoms with van der Waals surface area (Å²) in [5.41, 5.74) is 2.25. The molecule has 1 aromatic heterocycles. The van der Waals surface area contributed by atoms with Gasteiger partial charge >= 0.3 is 5.97 Å². The minimum absolute atomic E-state index is 0.371. The molecule has 1 N–H and O–H groups in total. The molecule has 2 heterocycles. The van der Waals surface area contributed by atoms with E-state index in [0.29, 0.717) is 0 Å². The highest BCUT2D eigenvalue weighted by molar-refractivity contribution is 5.67. The van der Waals surface area contributed by atoms with Crippen molar-refractivity contribution in [3.63, 3.8) is 0 Å². The zero-order valence-electron chi connectivity index (χ0n) is 8.56. The molecule has 0 unspecified atom stereocenters. The van der Waals surface area contributed by atoms with Crippen LogP contribution >= 0.6 is 0 Å². The zero-order chi connectivity index (χ0) is 10.7. The summed E-state index contributed by atoms with van der Waals surface area (Å²) < 4.78 is 0. The average molecular weight is 207 g/mol. The first-order valence-corrected chi connectivity index (χ1v) is 4.89. The van der Waals surface area contributed by atoms with Crippen LogP contribution in [-0.2, 0) is 4.79 Å². The smallest absolute Gasteiger partial charge is 0.320 e. The molecule has 1 aliphatic rings. The summed E-state index contributed by atoms with van der Waals surface area (Å²) in [4.78, 5) is 16.7. The van der Waals surface area contributed by atoms with Crippen LogP contribution in [0.4, 0.5) is 0 Å². The Labute approximate surface area is 87.7 Å². The highest BCUT2D eigenvalue weighted by atomic mass is 16.7. The number of nitrogens with one attached hydrogen (secondary N) is 1. The first-order chi connectivity index (χ1) is 7.25. The SMILES string of the molecule is CC(=O)On1cc(C2=CCNCC2)cn1. The Morgan fingerprint density at radius 2 is 2.53 bits per heavy atom. The van der Waals surface area contributed by atoms with Crippen LogP contribution < -0.4 is 10.2 Å². The van der Waals surface area contributed by atoms with Crippen molar-refractivity contribution in [2.45, 2.75) is 13.3 Å². The molecule has 5 nitrogen and oxygen atoms in total. The predicted octanol–water partition coefficient (Wildman–Crippen LogP) is 0.235. The van der Waals surface area contributed by atoms with E-state index >= 15 is 0 Å². The summed E-state index contributed by atoms with van der Waals surface area (Å²) in [7, 11) is 0. The Kier molecular flexibility index (Phi) is 2.82. The van der Waals surface area contributed by atoms with Gasteiger partial charge in [-0.1, -0.05) is 10.9 Å². The van der Waals surface area contributed by atoms with Crippen LogP contribution in [0.1, 0.15) is 18.9 Å². The van der Waals surface area contributed by atoms with E-state index < -0.39 is 0 Å². The first-order valence-electron chi connectivity index (χ1n) is 4.89. The topological polar surface area (TPSA) is 56.1 Å². The lowest BCUT2D eigenvalue weighted by molar-refractivity contribution is -0.143. The lowest BCUT2D eigenvalue weighted by Crippen LogP contribution is -2.20. The van der Waals surface area contributed by atoms with Gasteiger partial charge in [0, 0.05) is 19.0 Å². The molecule has 1 aromatic rings. The van der Waals surface area contributed by atoms with Gasteiger partial charge in [0.2, 0.25) is 0 Å². The van der Waals surface area contributed by atoms with Crippen LogP contribution in [0.2, 0.25) is 0 Å². The largest absolute Gasteiger partial charge is 0.331 e. The van der Waals surface area contributed by atoms with Crippen LogP contribution in [0.15, 0.2) is 18.5 Å². The van der Waals surface area contributed by atoms with Crippen molar-refractivity contribution in [2.24, 2.45) is 0 Å². The molecule has 0 spiro atoms. The van der Waals surface area contributed by atoms with Gasteiger partial charge < -0.3 is 10.2 Å². The molecule has 1 aliphatic heterocycles. The van der Waals surface area contributed by atoms with E-state index in [9.17, 15) is 4.79 Å². The molecule has 15 heavy (non-hydrogen) atoms. The van der Waals surface area contributed by atoms with E-state index in [1.54, 1.807) is 12.4 Å². The molecule has 0 radical (unpaired) electrons. The van der Waals surface area contributed by atoms with Crippen molar-refractivity contribution >= 4 is 11.5 Å². The fraction of sp³-hybridized carbons (Fsp3) is 0.400. The number of hydrogen-bond donors (Lipinski definition) is 1. The molecule has 0 aliphatic carbocycles. The Morgan fingerprint density at radius 1 is 1.67 bits per heavy atom. The molecule has 5 heteroatoms. The third kappa shape index (κ3) is 2.44. The second-order valence-corrected chi connectivity index (χ2v) is 3.40. The summed E-state index contributed by atoms with van der Waals surface area (Å²) >= 11 is 0. The van der Waals surface area contributed by atoms with E-state index in [2.05, 4.69) is 16.5 Å². The molecule has 0 bridgehead atoms. The third-order valence-electron chi connectivity index (χ3n) is 2.22. The van der Waals surface area contributed by atoms with Gasteiger partial charge in [0.15, 0.2) is 0 Å². The third-order valence-corrected chi connectivity index (χ3v) is 2.22. The number of rotatable bonds is 2. The summed E-state index contributed by atoms with van der Waals surface area (Å²) in [5.74, 6) is -0.371. The van der Waals surface area contributed by atoms with E-state index in [1.165, 1.54) is 17.3 Å². The Balaban J connectivity index is 2.12.